The number of amides is 1. The summed E-state index contributed by atoms with van der Waals surface area (Å²) in [4.78, 5) is 24.2. The molecule has 1 amide bonds. The first kappa shape index (κ1) is 24.9. The van der Waals surface area contributed by atoms with Crippen LogP contribution in [0.15, 0.2) is 79.2 Å². The first-order valence-corrected chi connectivity index (χ1v) is 11.8. The largest absolute Gasteiger partial charge is 0.493 e. The third-order valence-electron chi connectivity index (χ3n) is 4.12. The van der Waals surface area contributed by atoms with E-state index in [4.69, 9.17) is 14.2 Å². The Morgan fingerprint density at radius 3 is 2.33 bits per heavy atom. The normalized spacial score (nSPS) is 10.7. The minimum Gasteiger partial charge on any atom is -0.493 e. The molecular formula is C23H17Br3N2O5. The van der Waals surface area contributed by atoms with Crippen molar-refractivity contribution >= 4 is 65.9 Å². The zero-order valence-electron chi connectivity index (χ0n) is 17.2. The van der Waals surface area contributed by atoms with E-state index in [1.165, 1.54) is 13.3 Å². The van der Waals surface area contributed by atoms with Crippen molar-refractivity contribution < 1.29 is 23.8 Å². The van der Waals surface area contributed by atoms with Crippen molar-refractivity contribution in [3.05, 3.63) is 85.2 Å². The van der Waals surface area contributed by atoms with E-state index < -0.39 is 11.9 Å². The van der Waals surface area contributed by atoms with Gasteiger partial charge in [-0.2, -0.15) is 5.10 Å². The van der Waals surface area contributed by atoms with Crippen molar-refractivity contribution in [3.63, 3.8) is 0 Å². The molecule has 0 unspecified atom stereocenters. The zero-order chi connectivity index (χ0) is 23.8. The van der Waals surface area contributed by atoms with E-state index in [0.29, 0.717) is 32.8 Å². The highest BCUT2D eigenvalue weighted by atomic mass is 79.9. The summed E-state index contributed by atoms with van der Waals surface area (Å²) in [5.41, 5.74) is 3.54. The summed E-state index contributed by atoms with van der Waals surface area (Å²) < 4.78 is 18.5. The van der Waals surface area contributed by atoms with E-state index in [1.54, 1.807) is 60.7 Å². The van der Waals surface area contributed by atoms with Crippen molar-refractivity contribution in [2.45, 2.75) is 0 Å². The molecule has 1 N–H and O–H groups in total. The van der Waals surface area contributed by atoms with Crippen molar-refractivity contribution in [2.75, 3.05) is 13.7 Å². The molecular weight excluding hydrogens is 624 g/mol. The first-order valence-electron chi connectivity index (χ1n) is 9.41. The van der Waals surface area contributed by atoms with Gasteiger partial charge in [0.05, 0.1) is 23.4 Å². The molecule has 0 radical (unpaired) electrons. The lowest BCUT2D eigenvalue weighted by Gasteiger charge is -2.12. The maximum Gasteiger partial charge on any atom is 0.343 e. The number of hydrogen-bond donors (Lipinski definition) is 1. The van der Waals surface area contributed by atoms with Crippen LogP contribution in [0.4, 0.5) is 0 Å². The predicted molar refractivity (Wildman–Crippen MR) is 135 cm³/mol. The minimum atomic E-state index is -0.453. The molecule has 0 bridgehead atoms. The van der Waals surface area contributed by atoms with E-state index in [9.17, 15) is 9.59 Å². The SMILES string of the molecule is COc1cc(Br)cc(Br)c1OCC(=O)NN=Cc1ccc(OC(=O)c2ccc(Br)cc2)cc1. The van der Waals surface area contributed by atoms with Crippen LogP contribution in [-0.4, -0.2) is 31.8 Å². The molecule has 3 aromatic rings. The summed E-state index contributed by atoms with van der Waals surface area (Å²) in [7, 11) is 1.51. The zero-order valence-corrected chi connectivity index (χ0v) is 21.9. The molecule has 0 aromatic heterocycles. The van der Waals surface area contributed by atoms with Crippen LogP contribution < -0.4 is 19.6 Å². The number of nitrogens with zero attached hydrogens (tertiary/aromatic N) is 1. The Balaban J connectivity index is 1.50. The lowest BCUT2D eigenvalue weighted by atomic mass is 10.2. The molecule has 170 valence electrons. The molecule has 10 heteroatoms. The van der Waals surface area contributed by atoms with E-state index >= 15 is 0 Å². The van der Waals surface area contributed by atoms with Gasteiger partial charge in [-0.1, -0.05) is 31.9 Å². The smallest absolute Gasteiger partial charge is 0.343 e. The number of benzene rings is 3. The van der Waals surface area contributed by atoms with Crippen molar-refractivity contribution in [1.82, 2.24) is 5.43 Å². The predicted octanol–water partition coefficient (Wildman–Crippen LogP) is 5.73. The lowest BCUT2D eigenvalue weighted by Crippen LogP contribution is -2.24. The van der Waals surface area contributed by atoms with Crippen molar-refractivity contribution in [2.24, 2.45) is 5.10 Å². The average Bonchev–Trinajstić information content (AvgIpc) is 2.79. The van der Waals surface area contributed by atoms with Crippen LogP contribution in [0.5, 0.6) is 17.2 Å². The van der Waals surface area contributed by atoms with Gasteiger partial charge < -0.3 is 14.2 Å². The van der Waals surface area contributed by atoms with Crippen LogP contribution in [-0.2, 0) is 4.79 Å². The van der Waals surface area contributed by atoms with Crippen LogP contribution >= 0.6 is 47.8 Å². The summed E-state index contributed by atoms with van der Waals surface area (Å²) in [5, 5.41) is 3.91. The second kappa shape index (κ2) is 12.0. The molecule has 3 rings (SSSR count). The highest BCUT2D eigenvalue weighted by Crippen LogP contribution is 2.38. The molecule has 0 heterocycles. The fraction of sp³-hybridized carbons (Fsp3) is 0.0870. The molecule has 0 aliphatic heterocycles. The third-order valence-corrected chi connectivity index (χ3v) is 5.69. The van der Waals surface area contributed by atoms with Crippen LogP contribution in [0.25, 0.3) is 0 Å². The Morgan fingerprint density at radius 1 is 0.970 bits per heavy atom. The van der Waals surface area contributed by atoms with Crippen LogP contribution in [0.2, 0.25) is 0 Å². The molecule has 0 saturated carbocycles. The third kappa shape index (κ3) is 7.41. The molecule has 7 nitrogen and oxygen atoms in total. The van der Waals surface area contributed by atoms with Gasteiger partial charge in [0.1, 0.15) is 5.75 Å². The summed E-state index contributed by atoms with van der Waals surface area (Å²) in [6.45, 7) is -0.251. The molecule has 0 aliphatic rings. The number of hydrogen-bond acceptors (Lipinski definition) is 6. The van der Waals surface area contributed by atoms with Gasteiger partial charge in [-0.05, 0) is 82.2 Å². The van der Waals surface area contributed by atoms with E-state index in [0.717, 1.165) is 8.95 Å². The topological polar surface area (TPSA) is 86.2 Å². The van der Waals surface area contributed by atoms with Gasteiger partial charge >= 0.3 is 5.97 Å². The van der Waals surface area contributed by atoms with Gasteiger partial charge in [0.2, 0.25) is 0 Å². The number of nitrogens with one attached hydrogen (secondary N) is 1. The Morgan fingerprint density at radius 2 is 1.67 bits per heavy atom. The summed E-state index contributed by atoms with van der Waals surface area (Å²) in [6, 6.07) is 17.1. The first-order chi connectivity index (χ1) is 15.9. The molecule has 33 heavy (non-hydrogen) atoms. The van der Waals surface area contributed by atoms with E-state index in [2.05, 4.69) is 58.3 Å². The summed E-state index contributed by atoms with van der Waals surface area (Å²) in [6.07, 6.45) is 1.47. The van der Waals surface area contributed by atoms with Crippen molar-refractivity contribution in [1.29, 1.82) is 0 Å². The highest BCUT2D eigenvalue weighted by molar-refractivity contribution is 9.11. The molecule has 0 fully saturated rings. The van der Waals surface area contributed by atoms with Gasteiger partial charge in [-0.15, -0.1) is 0 Å². The van der Waals surface area contributed by atoms with E-state index in [1.807, 2.05) is 0 Å². The number of carbonyl (C=O) groups excluding carboxylic acids is 2. The fourth-order valence-electron chi connectivity index (χ4n) is 2.55. The molecule has 0 saturated heterocycles. The number of rotatable bonds is 8. The van der Waals surface area contributed by atoms with Gasteiger partial charge in [0, 0.05) is 8.95 Å². The number of carbonyl (C=O) groups is 2. The number of esters is 1. The molecule has 0 aliphatic carbocycles. The van der Waals surface area contributed by atoms with Crippen LogP contribution in [0, 0.1) is 0 Å². The van der Waals surface area contributed by atoms with Gasteiger partial charge in [-0.3, -0.25) is 4.79 Å². The molecule has 0 spiro atoms. The van der Waals surface area contributed by atoms with Crippen LogP contribution in [0.1, 0.15) is 15.9 Å². The Bertz CT molecular complexity index is 1170. The number of halogens is 3. The standard InChI is InChI=1S/C23H17Br3N2O5/c1-31-20-11-17(25)10-19(26)22(20)32-13-21(29)28-27-12-14-2-8-18(9-3-14)33-23(30)15-4-6-16(24)7-5-15/h2-12H,13H2,1H3,(H,28,29). The maximum atomic E-state index is 12.2. The monoisotopic (exact) mass is 638 g/mol. The summed E-state index contributed by atoms with van der Waals surface area (Å²) in [5.74, 6) is 0.390. The Kier molecular flexibility index (Phi) is 9.04. The minimum absolute atomic E-state index is 0.251. The number of ether oxygens (including phenoxy) is 3. The fourth-order valence-corrected chi connectivity index (χ4v) is 4.12. The average molecular weight is 641 g/mol. The Labute approximate surface area is 215 Å². The van der Waals surface area contributed by atoms with Gasteiger partial charge in [0.25, 0.3) is 5.91 Å². The molecule has 0 atom stereocenters. The number of hydrazone groups is 1. The second-order valence-electron chi connectivity index (χ2n) is 6.47. The van der Waals surface area contributed by atoms with Crippen LogP contribution in [0.3, 0.4) is 0 Å². The van der Waals surface area contributed by atoms with Gasteiger partial charge in [-0.25, -0.2) is 10.2 Å². The quantitative estimate of drug-likeness (QED) is 0.147. The van der Waals surface area contributed by atoms with Crippen molar-refractivity contribution in [3.8, 4) is 17.2 Å². The number of methoxy groups -OCH3 is 1. The summed E-state index contributed by atoms with van der Waals surface area (Å²) >= 11 is 10.1. The second-order valence-corrected chi connectivity index (χ2v) is 9.15. The highest BCUT2D eigenvalue weighted by Gasteiger charge is 2.13. The lowest BCUT2D eigenvalue weighted by molar-refractivity contribution is -0.123. The van der Waals surface area contributed by atoms with E-state index in [-0.39, 0.29) is 6.61 Å². The molecule has 3 aromatic carbocycles. The maximum absolute atomic E-state index is 12.2. The Hall–Kier alpha value is -2.69. The van der Waals surface area contributed by atoms with Gasteiger partial charge in [0.15, 0.2) is 18.1 Å².